The van der Waals surface area contributed by atoms with Gasteiger partial charge >= 0.3 is 5.97 Å². The lowest BCUT2D eigenvalue weighted by atomic mass is 9.97. The smallest absolute Gasteiger partial charge is 0.309 e. The van der Waals surface area contributed by atoms with Crippen LogP contribution in [0.4, 0.5) is 0 Å². The van der Waals surface area contributed by atoms with Gasteiger partial charge < -0.3 is 9.64 Å². The Bertz CT molecular complexity index is 821. The van der Waals surface area contributed by atoms with Crippen molar-refractivity contribution in [3.05, 3.63) is 22.3 Å². The second kappa shape index (κ2) is 8.45. The number of carbonyl (C=O) groups excluding carboxylic acids is 2. The fourth-order valence-electron chi connectivity index (χ4n) is 2.84. The predicted octanol–water partition coefficient (Wildman–Crippen LogP) is 2.93. The average Bonchev–Trinajstić information content (AvgIpc) is 3.03. The first-order valence-electron chi connectivity index (χ1n) is 8.26. The Morgan fingerprint density at radius 3 is 2.73 bits per heavy atom. The number of carbonyl (C=O) groups is 2. The number of pyridine rings is 1. The van der Waals surface area contributed by atoms with Gasteiger partial charge in [-0.1, -0.05) is 35.0 Å². The van der Waals surface area contributed by atoms with E-state index >= 15 is 0 Å². The molecule has 26 heavy (non-hydrogen) atoms. The quantitative estimate of drug-likeness (QED) is 0.550. The molecule has 0 unspecified atom stereocenters. The molecule has 140 valence electrons. The molecular formula is C16H18Cl2N4O3S. The van der Waals surface area contributed by atoms with Crippen molar-refractivity contribution < 1.29 is 14.3 Å². The van der Waals surface area contributed by atoms with Gasteiger partial charge in [-0.05, 0) is 25.8 Å². The lowest BCUT2D eigenvalue weighted by molar-refractivity contribution is -0.151. The maximum absolute atomic E-state index is 12.4. The van der Waals surface area contributed by atoms with Gasteiger partial charge in [-0.25, -0.2) is 0 Å². The topological polar surface area (TPSA) is 76.8 Å². The Balaban J connectivity index is 1.56. The van der Waals surface area contributed by atoms with Crippen LogP contribution in [0.3, 0.4) is 0 Å². The SMILES string of the molecule is CCOC(=O)C1CCN(C(=O)CSc2nnc3c(Cl)cc(Cl)cn23)CC1. The fraction of sp³-hybridized carbons (Fsp3) is 0.500. The van der Waals surface area contributed by atoms with Crippen LogP contribution in [-0.2, 0) is 14.3 Å². The highest BCUT2D eigenvalue weighted by molar-refractivity contribution is 7.99. The molecule has 0 bridgehead atoms. The van der Waals surface area contributed by atoms with Crippen molar-refractivity contribution >= 4 is 52.5 Å². The zero-order valence-electron chi connectivity index (χ0n) is 14.2. The van der Waals surface area contributed by atoms with Crippen molar-refractivity contribution in [3.8, 4) is 0 Å². The highest BCUT2D eigenvalue weighted by atomic mass is 35.5. The first-order valence-corrected chi connectivity index (χ1v) is 10.0. The molecule has 3 rings (SSSR count). The van der Waals surface area contributed by atoms with Crippen LogP contribution in [0.25, 0.3) is 5.65 Å². The summed E-state index contributed by atoms with van der Waals surface area (Å²) < 4.78 is 6.72. The first kappa shape index (κ1) is 19.3. The molecule has 0 saturated carbocycles. The van der Waals surface area contributed by atoms with E-state index in [4.69, 9.17) is 27.9 Å². The summed E-state index contributed by atoms with van der Waals surface area (Å²) in [5, 5.41) is 9.52. The highest BCUT2D eigenvalue weighted by Crippen LogP contribution is 2.26. The van der Waals surface area contributed by atoms with Gasteiger partial charge in [0.2, 0.25) is 5.91 Å². The molecule has 2 aromatic rings. The highest BCUT2D eigenvalue weighted by Gasteiger charge is 2.28. The maximum Gasteiger partial charge on any atom is 0.309 e. The number of piperidine rings is 1. The molecule has 1 aliphatic heterocycles. The van der Waals surface area contributed by atoms with Gasteiger partial charge in [0.1, 0.15) is 0 Å². The molecule has 1 saturated heterocycles. The zero-order chi connectivity index (χ0) is 18.7. The first-order chi connectivity index (χ1) is 12.5. The molecule has 0 aromatic carbocycles. The van der Waals surface area contributed by atoms with E-state index in [0.717, 1.165) is 0 Å². The Hall–Kier alpha value is -1.51. The van der Waals surface area contributed by atoms with Crippen molar-refractivity contribution in [1.82, 2.24) is 19.5 Å². The fourth-order valence-corrected chi connectivity index (χ4v) is 4.16. The molecule has 1 fully saturated rings. The number of amides is 1. The molecule has 0 N–H and O–H groups in total. The van der Waals surface area contributed by atoms with Crippen LogP contribution in [0.2, 0.25) is 10.0 Å². The Labute approximate surface area is 165 Å². The van der Waals surface area contributed by atoms with Gasteiger partial charge in [-0.3, -0.25) is 14.0 Å². The number of thioether (sulfide) groups is 1. The molecule has 0 aliphatic carbocycles. The second-order valence-corrected chi connectivity index (χ2v) is 7.66. The van der Waals surface area contributed by atoms with Gasteiger partial charge in [-0.2, -0.15) is 0 Å². The molecule has 1 aliphatic rings. The number of hydrogen-bond acceptors (Lipinski definition) is 6. The monoisotopic (exact) mass is 416 g/mol. The van der Waals surface area contributed by atoms with E-state index in [1.807, 2.05) is 0 Å². The second-order valence-electron chi connectivity index (χ2n) is 5.88. The van der Waals surface area contributed by atoms with E-state index in [-0.39, 0.29) is 23.5 Å². The molecule has 10 heteroatoms. The summed E-state index contributed by atoms with van der Waals surface area (Å²) in [6.07, 6.45) is 2.93. The summed E-state index contributed by atoms with van der Waals surface area (Å²) in [7, 11) is 0. The number of esters is 1. The Kier molecular flexibility index (Phi) is 6.26. The molecule has 0 atom stereocenters. The van der Waals surface area contributed by atoms with E-state index in [1.54, 1.807) is 28.5 Å². The minimum atomic E-state index is -0.169. The maximum atomic E-state index is 12.4. The average molecular weight is 417 g/mol. The lowest BCUT2D eigenvalue weighted by Crippen LogP contribution is -2.41. The Morgan fingerprint density at radius 2 is 2.04 bits per heavy atom. The van der Waals surface area contributed by atoms with E-state index < -0.39 is 0 Å². The van der Waals surface area contributed by atoms with Crippen molar-refractivity contribution in [2.75, 3.05) is 25.4 Å². The summed E-state index contributed by atoms with van der Waals surface area (Å²) in [5.41, 5.74) is 0.501. The number of halogens is 2. The normalized spacial score (nSPS) is 15.4. The number of likely N-dealkylation sites (tertiary alicyclic amines) is 1. The number of hydrogen-bond donors (Lipinski definition) is 0. The van der Waals surface area contributed by atoms with Crippen LogP contribution >= 0.6 is 35.0 Å². The third kappa shape index (κ3) is 4.24. The van der Waals surface area contributed by atoms with Gasteiger partial charge in [0.05, 0.1) is 28.3 Å². The molecule has 0 spiro atoms. The predicted molar refractivity (Wildman–Crippen MR) is 99.7 cm³/mol. The molecule has 0 radical (unpaired) electrons. The standard InChI is InChI=1S/C16H18Cl2N4O3S/c1-2-25-15(24)10-3-5-21(6-4-10)13(23)9-26-16-20-19-14-12(18)7-11(17)8-22(14)16/h7-8,10H,2-6,9H2,1H3. The lowest BCUT2D eigenvalue weighted by Gasteiger charge is -2.30. The van der Waals surface area contributed by atoms with Crippen LogP contribution in [0.15, 0.2) is 17.4 Å². The Morgan fingerprint density at radius 1 is 1.31 bits per heavy atom. The minimum absolute atomic E-state index is 0.00202. The van der Waals surface area contributed by atoms with Crippen LogP contribution in [0.1, 0.15) is 19.8 Å². The summed E-state index contributed by atoms with van der Waals surface area (Å²) in [5.74, 6) is -0.0501. The van der Waals surface area contributed by atoms with Crippen molar-refractivity contribution in [3.63, 3.8) is 0 Å². The summed E-state index contributed by atoms with van der Waals surface area (Å²) in [4.78, 5) is 26.0. The number of aromatic nitrogens is 3. The number of fused-ring (bicyclic) bond motifs is 1. The molecular weight excluding hydrogens is 399 g/mol. The van der Waals surface area contributed by atoms with Gasteiger partial charge in [-0.15, -0.1) is 10.2 Å². The van der Waals surface area contributed by atoms with Crippen molar-refractivity contribution in [1.29, 1.82) is 0 Å². The molecule has 2 aromatic heterocycles. The van der Waals surface area contributed by atoms with E-state index in [1.165, 1.54) is 11.8 Å². The van der Waals surface area contributed by atoms with Crippen LogP contribution < -0.4 is 0 Å². The van der Waals surface area contributed by atoms with Gasteiger partial charge in [0.15, 0.2) is 10.8 Å². The van der Waals surface area contributed by atoms with Crippen LogP contribution in [-0.4, -0.2) is 56.8 Å². The van der Waals surface area contributed by atoms with E-state index in [2.05, 4.69) is 10.2 Å². The van der Waals surface area contributed by atoms with Gasteiger partial charge in [0.25, 0.3) is 0 Å². The number of nitrogens with zero attached hydrogens (tertiary/aromatic N) is 4. The molecule has 7 nitrogen and oxygen atoms in total. The van der Waals surface area contributed by atoms with Crippen molar-refractivity contribution in [2.24, 2.45) is 5.92 Å². The van der Waals surface area contributed by atoms with Crippen LogP contribution in [0.5, 0.6) is 0 Å². The third-order valence-electron chi connectivity index (χ3n) is 4.19. The summed E-state index contributed by atoms with van der Waals surface area (Å²) in [6, 6.07) is 1.60. The zero-order valence-corrected chi connectivity index (χ0v) is 16.5. The number of ether oxygens (including phenoxy) is 1. The summed E-state index contributed by atoms with van der Waals surface area (Å²) in [6.45, 7) is 3.29. The molecule has 3 heterocycles. The molecule has 1 amide bonds. The van der Waals surface area contributed by atoms with Crippen LogP contribution in [0, 0.1) is 5.92 Å². The van der Waals surface area contributed by atoms with Crippen molar-refractivity contribution in [2.45, 2.75) is 24.9 Å². The minimum Gasteiger partial charge on any atom is -0.466 e. The van der Waals surface area contributed by atoms with E-state index in [0.29, 0.717) is 53.4 Å². The largest absolute Gasteiger partial charge is 0.466 e. The summed E-state index contributed by atoms with van der Waals surface area (Å²) >= 11 is 13.4. The van der Waals surface area contributed by atoms with E-state index in [9.17, 15) is 9.59 Å². The third-order valence-corrected chi connectivity index (χ3v) is 5.60. The van der Waals surface area contributed by atoms with Gasteiger partial charge in [0, 0.05) is 19.3 Å². The number of rotatable bonds is 5.